The highest BCUT2D eigenvalue weighted by atomic mass is 16.5. The van der Waals surface area contributed by atoms with Crippen molar-refractivity contribution in [1.82, 2.24) is 0 Å². The molecule has 32 heavy (non-hydrogen) atoms. The molecule has 0 bridgehead atoms. The summed E-state index contributed by atoms with van der Waals surface area (Å²) < 4.78 is 9.77. The molecule has 0 spiro atoms. The zero-order valence-corrected chi connectivity index (χ0v) is 17.9. The topological polar surface area (TPSA) is 117 Å². The lowest BCUT2D eigenvalue weighted by Gasteiger charge is -2.46. The van der Waals surface area contributed by atoms with Crippen molar-refractivity contribution >= 4 is 17.7 Å². The molecule has 7 heteroatoms. The molecule has 0 heterocycles. The first-order valence-corrected chi connectivity index (χ1v) is 9.99. The number of hydrogen-bond acceptors (Lipinski definition) is 7. The molecule has 0 amide bonds. The fourth-order valence-electron chi connectivity index (χ4n) is 4.65. The largest absolute Gasteiger partial charge is 0.468 e. The lowest BCUT2D eigenvalue weighted by Crippen LogP contribution is -2.55. The third-order valence-corrected chi connectivity index (χ3v) is 6.14. The minimum Gasteiger partial charge on any atom is -0.468 e. The fraction of sp³-hybridized carbons (Fsp3) is 0.320. The van der Waals surface area contributed by atoms with Crippen LogP contribution in [0.1, 0.15) is 28.5 Å². The molecule has 4 atom stereocenters. The second-order valence-corrected chi connectivity index (χ2v) is 7.77. The summed E-state index contributed by atoms with van der Waals surface area (Å²) in [6.07, 6.45) is 0. The molecule has 7 nitrogen and oxygen atoms in total. The molecule has 0 aliphatic heterocycles. The maximum atomic E-state index is 13.7. The predicted octanol–water partition coefficient (Wildman–Crippen LogP) is 3.06. The Bertz CT molecular complexity index is 1100. The van der Waals surface area contributed by atoms with Gasteiger partial charge in [0.1, 0.15) is 11.8 Å². The van der Waals surface area contributed by atoms with Crippen LogP contribution in [0.4, 0.5) is 0 Å². The third kappa shape index (κ3) is 3.52. The molecular formula is C25H22N2O5. The molecule has 0 N–H and O–H groups in total. The molecule has 3 rings (SSSR count). The van der Waals surface area contributed by atoms with E-state index in [-0.39, 0.29) is 0 Å². The van der Waals surface area contributed by atoms with E-state index in [1.54, 1.807) is 54.6 Å². The maximum Gasteiger partial charge on any atom is 0.316 e. The Morgan fingerprint density at radius 3 is 1.66 bits per heavy atom. The number of rotatable bonds is 4. The van der Waals surface area contributed by atoms with Crippen LogP contribution in [-0.2, 0) is 23.9 Å². The Hall–Kier alpha value is -3.97. The minimum absolute atomic E-state index is 0.458. The van der Waals surface area contributed by atoms with E-state index in [9.17, 15) is 24.9 Å². The van der Waals surface area contributed by atoms with Gasteiger partial charge in [0, 0.05) is 11.8 Å². The molecule has 4 unspecified atom stereocenters. The summed E-state index contributed by atoms with van der Waals surface area (Å²) >= 11 is 0. The molecule has 1 aliphatic rings. The van der Waals surface area contributed by atoms with E-state index in [1.807, 2.05) is 6.92 Å². The lowest BCUT2D eigenvalue weighted by molar-refractivity contribution is -0.162. The first kappa shape index (κ1) is 22.7. The van der Waals surface area contributed by atoms with Gasteiger partial charge in [-0.3, -0.25) is 14.4 Å². The number of esters is 2. The van der Waals surface area contributed by atoms with E-state index in [0.29, 0.717) is 11.1 Å². The van der Waals surface area contributed by atoms with E-state index >= 15 is 0 Å². The van der Waals surface area contributed by atoms with Gasteiger partial charge in [-0.15, -0.1) is 0 Å². The standard InChI is InChI=1S/C25H22N2O5/c1-15-9-11-17(12-10-15)21-19(24(30)32-3)22(28)18(23(29)31-2)20(25(21,13-26)14-27)16-7-5-4-6-8-16/h4-12,18-21H,1-3H3. The van der Waals surface area contributed by atoms with Crippen LogP contribution in [0, 0.1) is 46.8 Å². The lowest BCUT2D eigenvalue weighted by atomic mass is 9.50. The van der Waals surface area contributed by atoms with Crippen molar-refractivity contribution in [1.29, 1.82) is 10.5 Å². The predicted molar refractivity (Wildman–Crippen MR) is 113 cm³/mol. The van der Waals surface area contributed by atoms with Crippen molar-refractivity contribution in [3.05, 3.63) is 71.3 Å². The van der Waals surface area contributed by atoms with Crippen LogP contribution in [0.15, 0.2) is 54.6 Å². The highest BCUT2D eigenvalue weighted by Gasteiger charge is 2.65. The molecule has 0 aromatic heterocycles. The molecule has 1 aliphatic carbocycles. The molecular weight excluding hydrogens is 408 g/mol. The number of methoxy groups -OCH3 is 2. The van der Waals surface area contributed by atoms with Gasteiger partial charge in [0.2, 0.25) is 0 Å². The maximum absolute atomic E-state index is 13.7. The van der Waals surface area contributed by atoms with Gasteiger partial charge >= 0.3 is 11.9 Å². The summed E-state index contributed by atoms with van der Waals surface area (Å²) in [5, 5.41) is 20.8. The van der Waals surface area contributed by atoms with Gasteiger partial charge in [0.15, 0.2) is 11.2 Å². The van der Waals surface area contributed by atoms with Gasteiger partial charge in [0.25, 0.3) is 0 Å². The fourth-order valence-corrected chi connectivity index (χ4v) is 4.65. The Morgan fingerprint density at radius 1 is 0.812 bits per heavy atom. The normalized spacial score (nSPS) is 24.0. The van der Waals surface area contributed by atoms with Gasteiger partial charge in [-0.1, -0.05) is 60.2 Å². The van der Waals surface area contributed by atoms with Crippen LogP contribution < -0.4 is 0 Å². The van der Waals surface area contributed by atoms with Crippen molar-refractivity contribution in [2.45, 2.75) is 18.8 Å². The van der Waals surface area contributed by atoms with E-state index < -0.39 is 46.8 Å². The molecule has 162 valence electrons. The SMILES string of the molecule is COC(=O)C1C(=O)C(C(=O)OC)C(c2ccc(C)cc2)C(C#N)(C#N)C1c1ccccc1. The van der Waals surface area contributed by atoms with E-state index in [1.165, 1.54) is 0 Å². The molecule has 2 aromatic rings. The average molecular weight is 430 g/mol. The Morgan fingerprint density at radius 2 is 1.25 bits per heavy atom. The van der Waals surface area contributed by atoms with Crippen LogP contribution in [0.5, 0.6) is 0 Å². The summed E-state index contributed by atoms with van der Waals surface area (Å²) in [4.78, 5) is 39.3. The molecule has 0 radical (unpaired) electrons. The number of carbonyl (C=O) groups is 3. The first-order chi connectivity index (χ1) is 15.4. The van der Waals surface area contributed by atoms with Crippen LogP contribution in [0.3, 0.4) is 0 Å². The Kier molecular flexibility index (Phi) is 6.41. The monoisotopic (exact) mass is 430 g/mol. The van der Waals surface area contributed by atoms with Crippen molar-refractivity contribution in [3.8, 4) is 12.1 Å². The second-order valence-electron chi connectivity index (χ2n) is 7.77. The number of ketones is 1. The second kappa shape index (κ2) is 9.03. The number of hydrogen-bond donors (Lipinski definition) is 0. The smallest absolute Gasteiger partial charge is 0.316 e. The van der Waals surface area contributed by atoms with Gasteiger partial charge in [-0.2, -0.15) is 10.5 Å². The number of aryl methyl sites for hydroxylation is 1. The summed E-state index contributed by atoms with van der Waals surface area (Å²) in [7, 11) is 2.25. The van der Waals surface area contributed by atoms with Crippen LogP contribution in [-0.4, -0.2) is 31.9 Å². The summed E-state index contributed by atoms with van der Waals surface area (Å²) in [5.41, 5.74) is -0.0778. The minimum atomic E-state index is -1.93. The highest BCUT2D eigenvalue weighted by Crippen LogP contribution is 2.58. The van der Waals surface area contributed by atoms with Gasteiger partial charge in [-0.25, -0.2) is 0 Å². The molecule has 0 saturated heterocycles. The molecule has 2 aromatic carbocycles. The highest BCUT2D eigenvalue weighted by molar-refractivity contribution is 6.11. The zero-order chi connectivity index (χ0) is 23.5. The number of ether oxygens (including phenoxy) is 2. The van der Waals surface area contributed by atoms with Crippen LogP contribution in [0.2, 0.25) is 0 Å². The van der Waals surface area contributed by atoms with E-state index in [4.69, 9.17) is 9.47 Å². The number of nitrogens with zero attached hydrogens (tertiary/aromatic N) is 2. The van der Waals surface area contributed by atoms with Crippen molar-refractivity contribution in [2.24, 2.45) is 17.3 Å². The van der Waals surface area contributed by atoms with Gasteiger partial charge in [-0.05, 0) is 18.1 Å². The molecule has 1 saturated carbocycles. The first-order valence-electron chi connectivity index (χ1n) is 9.99. The van der Waals surface area contributed by atoms with E-state index in [2.05, 4.69) is 12.1 Å². The average Bonchev–Trinajstić information content (AvgIpc) is 2.83. The van der Waals surface area contributed by atoms with Crippen molar-refractivity contribution in [2.75, 3.05) is 14.2 Å². The number of benzene rings is 2. The van der Waals surface area contributed by atoms with Crippen molar-refractivity contribution in [3.63, 3.8) is 0 Å². The van der Waals surface area contributed by atoms with Crippen molar-refractivity contribution < 1.29 is 23.9 Å². The van der Waals surface area contributed by atoms with Crippen LogP contribution >= 0.6 is 0 Å². The molecule has 1 fully saturated rings. The Balaban J connectivity index is 2.40. The van der Waals surface area contributed by atoms with Gasteiger partial charge < -0.3 is 9.47 Å². The third-order valence-electron chi connectivity index (χ3n) is 6.14. The van der Waals surface area contributed by atoms with Gasteiger partial charge in [0.05, 0.1) is 26.4 Å². The zero-order valence-electron chi connectivity index (χ0n) is 17.9. The number of Topliss-reactive ketones (excluding diaryl/α,β-unsaturated/α-hetero) is 1. The number of carbonyl (C=O) groups excluding carboxylic acids is 3. The van der Waals surface area contributed by atoms with E-state index in [0.717, 1.165) is 19.8 Å². The summed E-state index contributed by atoms with van der Waals surface area (Å²) in [5.74, 6) is -7.89. The van der Waals surface area contributed by atoms with Crippen LogP contribution in [0.25, 0.3) is 0 Å². The Labute approximate surface area is 186 Å². The summed E-state index contributed by atoms with van der Waals surface area (Å²) in [6.45, 7) is 1.87. The summed E-state index contributed by atoms with van der Waals surface area (Å²) in [6, 6.07) is 19.5. The number of nitriles is 2. The quantitative estimate of drug-likeness (QED) is 0.540.